The van der Waals surface area contributed by atoms with Crippen LogP contribution < -0.4 is 5.32 Å². The Morgan fingerprint density at radius 3 is 2.33 bits per heavy atom. The molecule has 5 rings (SSSR count). The predicted molar refractivity (Wildman–Crippen MR) is 117 cm³/mol. The lowest BCUT2D eigenvalue weighted by atomic mass is 9.41. The quantitative estimate of drug-likeness (QED) is 0.252. The van der Waals surface area contributed by atoms with Crippen molar-refractivity contribution in [1.29, 1.82) is 0 Å². The molecule has 2 atom stereocenters. The molecule has 180 valence electrons. The van der Waals surface area contributed by atoms with Crippen molar-refractivity contribution in [2.24, 2.45) is 10.8 Å². The number of rotatable bonds is 9. The maximum Gasteiger partial charge on any atom is 0.407 e. The highest BCUT2D eigenvalue weighted by molar-refractivity contribution is 5.70. The van der Waals surface area contributed by atoms with Gasteiger partial charge in [-0.3, -0.25) is 4.79 Å². The van der Waals surface area contributed by atoms with Gasteiger partial charge < -0.3 is 19.6 Å². The van der Waals surface area contributed by atoms with Crippen molar-refractivity contribution in [3.05, 3.63) is 46.0 Å². The fourth-order valence-corrected chi connectivity index (χ4v) is 7.45. The Labute approximate surface area is 193 Å². The molecule has 4 aliphatic carbocycles. The molecule has 0 heterocycles. The van der Waals surface area contributed by atoms with E-state index in [2.05, 4.69) is 24.0 Å². The van der Waals surface area contributed by atoms with Crippen LogP contribution in [0, 0.1) is 20.9 Å². The van der Waals surface area contributed by atoms with Gasteiger partial charge in [-0.15, -0.1) is 10.1 Å². The van der Waals surface area contributed by atoms with Crippen LogP contribution in [0.1, 0.15) is 70.8 Å². The summed E-state index contributed by atoms with van der Waals surface area (Å²) in [6.45, 7) is 4.48. The van der Waals surface area contributed by atoms with Gasteiger partial charge in [0, 0.05) is 18.4 Å². The van der Waals surface area contributed by atoms with Crippen LogP contribution >= 0.6 is 0 Å². The van der Waals surface area contributed by atoms with Crippen molar-refractivity contribution in [3.63, 3.8) is 0 Å². The minimum Gasteiger partial charge on any atom is -0.459 e. The largest absolute Gasteiger partial charge is 0.459 e. The maximum absolute atomic E-state index is 12.8. The topological polar surface area (TPSA) is 117 Å². The standard InChI is InChI=1S/C24H32N2O7/c1-21-12-22(2)14-23(13-21,25-20(28)31-11-18-7-4-3-5-8-18)17-24(15-21,16-22)33-19(27)9-6-10-32-26(29)30/h3-5,7-8H,6,9-17H2,1-2H3,(H,25,28). The van der Waals surface area contributed by atoms with Gasteiger partial charge >= 0.3 is 12.1 Å². The van der Waals surface area contributed by atoms with E-state index in [9.17, 15) is 19.7 Å². The first-order valence-electron chi connectivity index (χ1n) is 11.5. The van der Waals surface area contributed by atoms with Crippen LogP contribution in [0.2, 0.25) is 0 Å². The molecule has 4 aliphatic rings. The van der Waals surface area contributed by atoms with Crippen molar-refractivity contribution in [2.75, 3.05) is 6.61 Å². The van der Waals surface area contributed by atoms with Crippen LogP contribution in [0.5, 0.6) is 0 Å². The Kier molecular flexibility index (Phi) is 6.01. The fraction of sp³-hybridized carbons (Fsp3) is 0.667. The molecule has 0 saturated heterocycles. The summed E-state index contributed by atoms with van der Waals surface area (Å²) in [5.74, 6) is -0.377. The van der Waals surface area contributed by atoms with E-state index >= 15 is 0 Å². The zero-order valence-electron chi connectivity index (χ0n) is 19.3. The molecule has 4 fully saturated rings. The van der Waals surface area contributed by atoms with Crippen LogP contribution in [0.3, 0.4) is 0 Å². The molecule has 4 bridgehead atoms. The number of esters is 1. The number of carbonyl (C=O) groups is 2. The third-order valence-corrected chi connectivity index (χ3v) is 7.17. The summed E-state index contributed by atoms with van der Waals surface area (Å²) in [5.41, 5.74) is -0.313. The van der Waals surface area contributed by atoms with Gasteiger partial charge in [-0.25, -0.2) is 4.79 Å². The highest BCUT2D eigenvalue weighted by Crippen LogP contribution is 2.68. The van der Waals surface area contributed by atoms with Gasteiger partial charge in [0.2, 0.25) is 0 Å². The number of benzene rings is 1. The van der Waals surface area contributed by atoms with Crippen molar-refractivity contribution >= 4 is 12.1 Å². The first kappa shape index (κ1) is 23.3. The summed E-state index contributed by atoms with van der Waals surface area (Å²) in [5, 5.41) is 12.6. The lowest BCUT2D eigenvalue weighted by molar-refractivity contribution is -0.757. The number of hydrogen-bond acceptors (Lipinski definition) is 7. The molecule has 9 nitrogen and oxygen atoms in total. The smallest absolute Gasteiger partial charge is 0.407 e. The summed E-state index contributed by atoms with van der Waals surface area (Å²) in [6, 6.07) is 9.53. The second-order valence-electron chi connectivity index (χ2n) is 11.0. The van der Waals surface area contributed by atoms with E-state index in [0.717, 1.165) is 37.7 Å². The van der Waals surface area contributed by atoms with Gasteiger partial charge in [-0.1, -0.05) is 44.2 Å². The average molecular weight is 461 g/mol. The summed E-state index contributed by atoms with van der Waals surface area (Å²) in [4.78, 5) is 39.9. The first-order chi connectivity index (χ1) is 15.5. The Morgan fingerprint density at radius 2 is 1.70 bits per heavy atom. The highest BCUT2D eigenvalue weighted by atomic mass is 16.9. The maximum atomic E-state index is 12.8. The van der Waals surface area contributed by atoms with Gasteiger partial charge in [0.1, 0.15) is 12.2 Å². The van der Waals surface area contributed by atoms with Gasteiger partial charge in [-0.2, -0.15) is 0 Å². The van der Waals surface area contributed by atoms with E-state index in [-0.39, 0.29) is 42.9 Å². The molecule has 0 spiro atoms. The monoisotopic (exact) mass is 460 g/mol. The number of nitrogens with zero attached hydrogens (tertiary/aromatic N) is 1. The molecular formula is C24H32N2O7. The summed E-state index contributed by atoms with van der Waals surface area (Å²) in [7, 11) is 0. The number of hydrogen-bond donors (Lipinski definition) is 1. The average Bonchev–Trinajstić information content (AvgIpc) is 2.67. The fourth-order valence-electron chi connectivity index (χ4n) is 7.45. The summed E-state index contributed by atoms with van der Waals surface area (Å²) in [6.07, 6.45) is 4.58. The van der Waals surface area contributed by atoms with Gasteiger partial charge in [0.05, 0.1) is 6.61 Å². The summed E-state index contributed by atoms with van der Waals surface area (Å²) >= 11 is 0. The Morgan fingerprint density at radius 1 is 1.03 bits per heavy atom. The van der Waals surface area contributed by atoms with Crippen molar-refractivity contribution in [3.8, 4) is 0 Å². The molecule has 0 aromatic heterocycles. The molecule has 1 N–H and O–H groups in total. The van der Waals surface area contributed by atoms with Crippen molar-refractivity contribution in [1.82, 2.24) is 5.32 Å². The second-order valence-corrected chi connectivity index (χ2v) is 11.0. The van der Waals surface area contributed by atoms with E-state index in [1.807, 2.05) is 30.3 Å². The molecular weight excluding hydrogens is 428 g/mol. The molecule has 0 radical (unpaired) electrons. The molecule has 33 heavy (non-hydrogen) atoms. The van der Waals surface area contributed by atoms with Gasteiger partial charge in [-0.05, 0) is 54.9 Å². The minimum absolute atomic E-state index is 0.0504. The molecule has 1 aromatic rings. The minimum atomic E-state index is -0.863. The normalized spacial score (nSPS) is 33.9. The third-order valence-electron chi connectivity index (χ3n) is 7.17. The van der Waals surface area contributed by atoms with Crippen LogP contribution in [0.25, 0.3) is 0 Å². The summed E-state index contributed by atoms with van der Waals surface area (Å²) < 4.78 is 11.6. The lowest BCUT2D eigenvalue weighted by Gasteiger charge is -2.68. The van der Waals surface area contributed by atoms with E-state index in [4.69, 9.17) is 9.47 Å². The van der Waals surface area contributed by atoms with Gasteiger partial charge in [0.15, 0.2) is 0 Å². The van der Waals surface area contributed by atoms with E-state index in [1.54, 1.807) is 0 Å². The lowest BCUT2D eigenvalue weighted by Crippen LogP contribution is -2.71. The second kappa shape index (κ2) is 8.50. The third kappa shape index (κ3) is 5.39. The van der Waals surface area contributed by atoms with Crippen LogP contribution in [0.15, 0.2) is 30.3 Å². The number of carbonyl (C=O) groups excluding carboxylic acids is 2. The van der Waals surface area contributed by atoms with Crippen LogP contribution in [-0.2, 0) is 25.7 Å². The Balaban J connectivity index is 1.42. The zero-order valence-corrected chi connectivity index (χ0v) is 19.3. The first-order valence-corrected chi connectivity index (χ1v) is 11.5. The van der Waals surface area contributed by atoms with E-state index in [0.29, 0.717) is 6.42 Å². The predicted octanol–water partition coefficient (Wildman–Crippen LogP) is 4.32. The highest BCUT2D eigenvalue weighted by Gasteiger charge is 2.67. The molecule has 1 aromatic carbocycles. The molecule has 4 saturated carbocycles. The molecule has 2 unspecified atom stereocenters. The van der Waals surface area contributed by atoms with Crippen LogP contribution in [-0.4, -0.2) is 34.9 Å². The Hall–Kier alpha value is -2.84. The van der Waals surface area contributed by atoms with E-state index < -0.39 is 22.3 Å². The molecule has 0 aliphatic heterocycles. The number of alkyl carbamates (subject to hydrolysis) is 1. The van der Waals surface area contributed by atoms with Crippen LogP contribution in [0.4, 0.5) is 4.79 Å². The number of ether oxygens (including phenoxy) is 2. The van der Waals surface area contributed by atoms with Gasteiger partial charge in [0.25, 0.3) is 5.09 Å². The van der Waals surface area contributed by atoms with E-state index in [1.165, 1.54) is 0 Å². The molecule has 1 amide bonds. The SMILES string of the molecule is CC12CC3(C)CC(NC(=O)OCc4ccccc4)(C1)CC(OC(=O)CCCO[N+](=O)[O-])(C2)C3. The number of amides is 1. The van der Waals surface area contributed by atoms with Crippen molar-refractivity contribution in [2.45, 2.75) is 83.0 Å². The van der Waals surface area contributed by atoms with Crippen molar-refractivity contribution < 1.29 is 29.0 Å². The zero-order chi connectivity index (χ0) is 23.7. The number of nitrogens with one attached hydrogen (secondary N) is 1. The molecule has 9 heteroatoms. The Bertz CT molecular complexity index is 901.